The first-order chi connectivity index (χ1) is 11.6. The Balaban J connectivity index is 1.93. The summed E-state index contributed by atoms with van der Waals surface area (Å²) in [5.41, 5.74) is 0.827. The topological polar surface area (TPSA) is 59.4 Å². The molecule has 1 aromatic rings. The van der Waals surface area contributed by atoms with Gasteiger partial charge in [0, 0.05) is 42.7 Å². The van der Waals surface area contributed by atoms with Gasteiger partial charge in [-0.2, -0.15) is 5.26 Å². The predicted octanol–water partition coefficient (Wildman–Crippen LogP) is 3.64. The summed E-state index contributed by atoms with van der Waals surface area (Å²) in [7, 11) is 0. The van der Waals surface area contributed by atoms with Crippen LogP contribution in [0.1, 0.15) is 26.7 Å². The second-order valence-electron chi connectivity index (χ2n) is 6.05. The van der Waals surface area contributed by atoms with Gasteiger partial charge in [-0.15, -0.1) is 11.8 Å². The van der Waals surface area contributed by atoms with Crippen LogP contribution in [0.2, 0.25) is 0 Å². The minimum atomic E-state index is -0.0351. The molecule has 1 saturated heterocycles. The van der Waals surface area contributed by atoms with Crippen LogP contribution in [-0.2, 0) is 0 Å². The van der Waals surface area contributed by atoms with Crippen molar-refractivity contribution in [2.24, 2.45) is 0 Å². The normalized spacial score (nSPS) is 16.5. The van der Waals surface area contributed by atoms with Crippen LogP contribution in [0.4, 0.5) is 10.5 Å². The average molecular weight is 347 g/mol. The summed E-state index contributed by atoms with van der Waals surface area (Å²) >= 11 is 1.63. The van der Waals surface area contributed by atoms with E-state index < -0.39 is 0 Å². The largest absolute Gasteiger partial charge is 0.322 e. The number of carbonyl (C=O) groups is 1. The van der Waals surface area contributed by atoms with Gasteiger partial charge in [0.25, 0.3) is 0 Å². The molecule has 0 unspecified atom stereocenters. The molecule has 130 valence electrons. The van der Waals surface area contributed by atoms with Gasteiger partial charge in [-0.05, 0) is 25.1 Å². The SMILES string of the molecule is CCCN1CCN(C(=O)Nc2ccccc2S[C@@H](C)CC#N)CC1. The Hall–Kier alpha value is -1.71. The average Bonchev–Trinajstić information content (AvgIpc) is 2.58. The minimum Gasteiger partial charge on any atom is -0.322 e. The zero-order valence-electron chi connectivity index (χ0n) is 14.5. The van der Waals surface area contributed by atoms with Crippen molar-refractivity contribution in [2.45, 2.75) is 36.8 Å². The first-order valence-corrected chi connectivity index (χ1v) is 9.43. The second kappa shape index (κ2) is 9.55. The minimum absolute atomic E-state index is 0.0351. The van der Waals surface area contributed by atoms with Gasteiger partial charge in [-0.3, -0.25) is 4.90 Å². The second-order valence-corrected chi connectivity index (χ2v) is 7.53. The molecule has 1 heterocycles. The van der Waals surface area contributed by atoms with Crippen molar-refractivity contribution in [1.82, 2.24) is 9.80 Å². The monoisotopic (exact) mass is 346 g/mol. The van der Waals surface area contributed by atoms with E-state index in [0.29, 0.717) is 6.42 Å². The molecule has 0 spiro atoms. The van der Waals surface area contributed by atoms with Crippen LogP contribution in [0.25, 0.3) is 0 Å². The summed E-state index contributed by atoms with van der Waals surface area (Å²) in [4.78, 5) is 17.8. The molecule has 6 heteroatoms. The number of amides is 2. The van der Waals surface area contributed by atoms with E-state index in [-0.39, 0.29) is 11.3 Å². The van der Waals surface area contributed by atoms with Crippen molar-refractivity contribution in [3.63, 3.8) is 0 Å². The highest BCUT2D eigenvalue weighted by Gasteiger charge is 2.21. The van der Waals surface area contributed by atoms with Gasteiger partial charge in [0.15, 0.2) is 0 Å². The lowest BCUT2D eigenvalue weighted by Gasteiger charge is -2.34. The highest BCUT2D eigenvalue weighted by Crippen LogP contribution is 2.31. The summed E-state index contributed by atoms with van der Waals surface area (Å²) in [6, 6.07) is 9.96. The maximum Gasteiger partial charge on any atom is 0.321 e. The maximum absolute atomic E-state index is 12.5. The van der Waals surface area contributed by atoms with Gasteiger partial charge in [-0.25, -0.2) is 4.79 Å². The van der Waals surface area contributed by atoms with Crippen molar-refractivity contribution in [2.75, 3.05) is 38.0 Å². The number of hydrogen-bond donors (Lipinski definition) is 1. The standard InChI is InChI=1S/C18H26N4OS/c1-3-10-21-11-13-22(14-12-21)18(23)20-16-6-4-5-7-17(16)24-15(2)8-9-19/h4-7,15H,3,8,10-14H2,1-2H3,(H,20,23)/t15-/m0/s1. The molecular weight excluding hydrogens is 320 g/mol. The molecule has 0 saturated carbocycles. The van der Waals surface area contributed by atoms with Crippen LogP contribution in [0.5, 0.6) is 0 Å². The van der Waals surface area contributed by atoms with Crippen LogP contribution in [-0.4, -0.2) is 53.8 Å². The van der Waals surface area contributed by atoms with Crippen molar-refractivity contribution in [3.8, 4) is 6.07 Å². The van der Waals surface area contributed by atoms with Gasteiger partial charge >= 0.3 is 6.03 Å². The molecule has 1 aliphatic heterocycles. The van der Waals surface area contributed by atoms with Gasteiger partial charge in [0.1, 0.15) is 0 Å². The first-order valence-electron chi connectivity index (χ1n) is 8.55. The molecule has 1 N–H and O–H groups in total. The third-order valence-corrected chi connectivity index (χ3v) is 5.21. The number of rotatable bonds is 6. The van der Waals surface area contributed by atoms with E-state index >= 15 is 0 Å². The Kier molecular flexibility index (Phi) is 7.41. The highest BCUT2D eigenvalue weighted by atomic mass is 32.2. The molecular formula is C18H26N4OS. The molecule has 2 amide bonds. The summed E-state index contributed by atoms with van der Waals surface area (Å²) < 4.78 is 0. The molecule has 24 heavy (non-hydrogen) atoms. The fourth-order valence-electron chi connectivity index (χ4n) is 2.74. The van der Waals surface area contributed by atoms with Gasteiger partial charge in [0.05, 0.1) is 11.8 Å². The number of nitriles is 1. The Morgan fingerprint density at radius 3 is 2.71 bits per heavy atom. The van der Waals surface area contributed by atoms with Crippen molar-refractivity contribution in [3.05, 3.63) is 24.3 Å². The van der Waals surface area contributed by atoms with E-state index in [4.69, 9.17) is 5.26 Å². The van der Waals surface area contributed by atoms with E-state index in [9.17, 15) is 4.79 Å². The van der Waals surface area contributed by atoms with E-state index in [2.05, 4.69) is 23.2 Å². The number of hydrogen-bond acceptors (Lipinski definition) is 4. The van der Waals surface area contributed by atoms with Crippen molar-refractivity contribution >= 4 is 23.5 Å². The summed E-state index contributed by atoms with van der Waals surface area (Å²) in [5.74, 6) is 0. The molecule has 0 aromatic heterocycles. The lowest BCUT2D eigenvalue weighted by Crippen LogP contribution is -2.50. The Morgan fingerprint density at radius 1 is 1.33 bits per heavy atom. The first kappa shape index (κ1) is 18.6. The Bertz CT molecular complexity index is 579. The number of nitrogens with one attached hydrogen (secondary N) is 1. The zero-order valence-corrected chi connectivity index (χ0v) is 15.3. The highest BCUT2D eigenvalue weighted by molar-refractivity contribution is 8.00. The smallest absolute Gasteiger partial charge is 0.321 e. The zero-order chi connectivity index (χ0) is 17.4. The number of para-hydroxylation sites is 1. The molecule has 2 rings (SSSR count). The van der Waals surface area contributed by atoms with E-state index in [1.807, 2.05) is 36.1 Å². The van der Waals surface area contributed by atoms with E-state index in [0.717, 1.165) is 49.7 Å². The molecule has 0 aliphatic carbocycles. The number of urea groups is 1. The van der Waals surface area contributed by atoms with Gasteiger partial charge in [0.2, 0.25) is 0 Å². The van der Waals surface area contributed by atoms with Gasteiger partial charge in [-0.1, -0.05) is 26.0 Å². The third-order valence-electron chi connectivity index (χ3n) is 4.03. The Labute approximate surface area is 149 Å². The maximum atomic E-state index is 12.5. The number of benzene rings is 1. The molecule has 1 fully saturated rings. The van der Waals surface area contributed by atoms with Crippen LogP contribution in [0.15, 0.2) is 29.2 Å². The van der Waals surface area contributed by atoms with E-state index in [1.165, 1.54) is 0 Å². The van der Waals surface area contributed by atoms with Crippen molar-refractivity contribution in [1.29, 1.82) is 5.26 Å². The van der Waals surface area contributed by atoms with E-state index in [1.54, 1.807) is 11.8 Å². The number of nitrogens with zero attached hydrogens (tertiary/aromatic N) is 3. The summed E-state index contributed by atoms with van der Waals surface area (Å²) in [5, 5.41) is 12.1. The molecule has 5 nitrogen and oxygen atoms in total. The predicted molar refractivity (Wildman–Crippen MR) is 99.3 cm³/mol. The number of carbonyl (C=O) groups excluding carboxylic acids is 1. The third kappa shape index (κ3) is 5.43. The number of thioether (sulfide) groups is 1. The molecule has 0 radical (unpaired) electrons. The van der Waals surface area contributed by atoms with Gasteiger partial charge < -0.3 is 10.2 Å². The fourth-order valence-corrected chi connectivity index (χ4v) is 3.74. The van der Waals surface area contributed by atoms with Crippen LogP contribution in [0, 0.1) is 11.3 Å². The number of piperazine rings is 1. The molecule has 1 atom stereocenters. The van der Waals surface area contributed by atoms with Crippen LogP contribution < -0.4 is 5.32 Å². The molecule has 1 aliphatic rings. The van der Waals surface area contributed by atoms with Crippen LogP contribution in [0.3, 0.4) is 0 Å². The fraction of sp³-hybridized carbons (Fsp3) is 0.556. The summed E-state index contributed by atoms with van der Waals surface area (Å²) in [6.45, 7) is 8.73. The molecule has 0 bridgehead atoms. The quantitative estimate of drug-likeness (QED) is 0.799. The Morgan fingerprint density at radius 2 is 2.04 bits per heavy atom. The summed E-state index contributed by atoms with van der Waals surface area (Å²) in [6.07, 6.45) is 1.64. The lowest BCUT2D eigenvalue weighted by atomic mass is 10.3. The van der Waals surface area contributed by atoms with Crippen molar-refractivity contribution < 1.29 is 4.79 Å². The number of anilines is 1. The lowest BCUT2D eigenvalue weighted by molar-refractivity contribution is 0.147. The molecule has 1 aromatic carbocycles. The van der Waals surface area contributed by atoms with Crippen LogP contribution >= 0.6 is 11.8 Å².